The van der Waals surface area contributed by atoms with Crippen LogP contribution in [0.2, 0.25) is 0 Å². The van der Waals surface area contributed by atoms with Gasteiger partial charge in [0.15, 0.2) is 0 Å². The second kappa shape index (κ2) is 10.9. The third-order valence-corrected chi connectivity index (χ3v) is 5.26. The van der Waals surface area contributed by atoms with Crippen molar-refractivity contribution in [3.8, 4) is 0 Å². The van der Waals surface area contributed by atoms with E-state index in [4.69, 9.17) is 0 Å². The highest BCUT2D eigenvalue weighted by Crippen LogP contribution is 2.18. The van der Waals surface area contributed by atoms with Crippen LogP contribution < -0.4 is 5.32 Å². The van der Waals surface area contributed by atoms with E-state index in [0.29, 0.717) is 12.0 Å². The number of hydrogen-bond acceptors (Lipinski definition) is 2. The molecule has 0 saturated carbocycles. The maximum atomic E-state index is 14.3. The number of nitrogens with one attached hydrogen (secondary N) is 1. The number of benzene rings is 3. The Morgan fingerprint density at radius 2 is 1.39 bits per heavy atom. The molecule has 4 nitrogen and oxygen atoms in total. The highest BCUT2D eigenvalue weighted by atomic mass is 19.1. The van der Waals surface area contributed by atoms with Gasteiger partial charge >= 0.3 is 0 Å². The number of amides is 2. The van der Waals surface area contributed by atoms with Crippen LogP contribution in [-0.4, -0.2) is 28.3 Å². The Morgan fingerprint density at radius 3 is 1.97 bits per heavy atom. The Balaban J connectivity index is 1.98. The van der Waals surface area contributed by atoms with Gasteiger partial charge in [0.1, 0.15) is 11.9 Å². The lowest BCUT2D eigenvalue weighted by atomic mass is 9.99. The third-order valence-electron chi connectivity index (χ3n) is 5.26. The van der Waals surface area contributed by atoms with Gasteiger partial charge in [-0.15, -0.1) is 0 Å². The van der Waals surface area contributed by atoms with Crippen molar-refractivity contribution < 1.29 is 14.0 Å². The van der Waals surface area contributed by atoms with Crippen molar-refractivity contribution in [2.24, 2.45) is 0 Å². The minimum Gasteiger partial charge on any atom is -0.350 e. The lowest BCUT2D eigenvalue weighted by Gasteiger charge is -2.34. The predicted molar refractivity (Wildman–Crippen MR) is 129 cm³/mol. The zero-order valence-corrected chi connectivity index (χ0v) is 19.4. The van der Waals surface area contributed by atoms with Gasteiger partial charge in [-0.05, 0) is 43.5 Å². The predicted octanol–water partition coefficient (Wildman–Crippen LogP) is 4.92. The Labute approximate surface area is 195 Å². The molecular formula is C28H31FN2O2. The van der Waals surface area contributed by atoms with E-state index in [1.54, 1.807) is 23.1 Å². The van der Waals surface area contributed by atoms with Crippen LogP contribution in [-0.2, 0) is 29.0 Å². The topological polar surface area (TPSA) is 49.4 Å². The van der Waals surface area contributed by atoms with Crippen LogP contribution in [0.3, 0.4) is 0 Å². The van der Waals surface area contributed by atoms with E-state index in [1.807, 2.05) is 81.4 Å². The normalized spacial score (nSPS) is 12.1. The highest BCUT2D eigenvalue weighted by molar-refractivity contribution is 5.89. The van der Waals surface area contributed by atoms with Gasteiger partial charge in [0.05, 0.1) is 6.42 Å². The van der Waals surface area contributed by atoms with Gasteiger partial charge in [0.25, 0.3) is 0 Å². The van der Waals surface area contributed by atoms with Gasteiger partial charge in [-0.25, -0.2) is 4.39 Å². The minimum absolute atomic E-state index is 0.117. The van der Waals surface area contributed by atoms with E-state index in [9.17, 15) is 14.0 Å². The second-order valence-corrected chi connectivity index (χ2v) is 9.22. The molecule has 0 radical (unpaired) electrons. The fraction of sp³-hybridized carbons (Fsp3) is 0.286. The van der Waals surface area contributed by atoms with Crippen LogP contribution in [0, 0.1) is 5.82 Å². The van der Waals surface area contributed by atoms with Crippen molar-refractivity contribution in [1.82, 2.24) is 10.2 Å². The van der Waals surface area contributed by atoms with Crippen LogP contribution in [0.15, 0.2) is 84.9 Å². The summed E-state index contributed by atoms with van der Waals surface area (Å²) in [6.45, 7) is 5.98. The molecule has 172 valence electrons. The van der Waals surface area contributed by atoms with Gasteiger partial charge in [0.2, 0.25) is 11.8 Å². The van der Waals surface area contributed by atoms with E-state index in [1.165, 1.54) is 6.07 Å². The van der Waals surface area contributed by atoms with Crippen molar-refractivity contribution in [1.29, 1.82) is 0 Å². The summed E-state index contributed by atoms with van der Waals surface area (Å²) in [6.07, 6.45) is 0.242. The second-order valence-electron chi connectivity index (χ2n) is 9.22. The van der Waals surface area contributed by atoms with Crippen molar-refractivity contribution in [3.63, 3.8) is 0 Å². The Bertz CT molecular complexity index is 1060. The summed E-state index contributed by atoms with van der Waals surface area (Å²) >= 11 is 0. The largest absolute Gasteiger partial charge is 0.350 e. The number of hydrogen-bond donors (Lipinski definition) is 1. The summed E-state index contributed by atoms with van der Waals surface area (Å²) < 4.78 is 14.3. The molecule has 0 aliphatic carbocycles. The molecule has 1 N–H and O–H groups in total. The molecule has 2 amide bonds. The van der Waals surface area contributed by atoms with Crippen LogP contribution in [0.25, 0.3) is 0 Å². The molecule has 0 heterocycles. The number of carbonyl (C=O) groups is 2. The van der Waals surface area contributed by atoms with Crippen molar-refractivity contribution in [2.75, 3.05) is 0 Å². The lowest BCUT2D eigenvalue weighted by molar-refractivity contribution is -0.141. The van der Waals surface area contributed by atoms with Crippen LogP contribution in [0.1, 0.15) is 37.5 Å². The molecule has 3 rings (SSSR count). The molecule has 0 aliphatic rings. The van der Waals surface area contributed by atoms with Crippen LogP contribution >= 0.6 is 0 Å². The first kappa shape index (κ1) is 24.2. The quantitative estimate of drug-likeness (QED) is 0.534. The van der Waals surface area contributed by atoms with E-state index >= 15 is 0 Å². The smallest absolute Gasteiger partial charge is 0.243 e. The molecule has 1 atom stereocenters. The van der Waals surface area contributed by atoms with Crippen molar-refractivity contribution in [2.45, 2.75) is 51.7 Å². The average Bonchev–Trinajstić information content (AvgIpc) is 2.78. The number of halogens is 1. The first-order chi connectivity index (χ1) is 15.7. The summed E-state index contributed by atoms with van der Waals surface area (Å²) in [5, 5.41) is 3.03. The minimum atomic E-state index is -0.744. The van der Waals surface area contributed by atoms with Crippen molar-refractivity contribution >= 4 is 11.8 Å². The molecule has 33 heavy (non-hydrogen) atoms. The molecular weight excluding hydrogens is 415 g/mol. The molecule has 3 aromatic rings. The average molecular weight is 447 g/mol. The molecule has 0 aliphatic heterocycles. The van der Waals surface area contributed by atoms with E-state index in [0.717, 1.165) is 11.1 Å². The highest BCUT2D eigenvalue weighted by Gasteiger charge is 2.32. The van der Waals surface area contributed by atoms with E-state index in [2.05, 4.69) is 5.32 Å². The SMILES string of the molecule is CC(C)(C)NC(=O)[C@H](Cc1ccccc1)N(Cc1ccccc1)C(=O)Cc1ccccc1F. The molecule has 0 aromatic heterocycles. The summed E-state index contributed by atoms with van der Waals surface area (Å²) in [5.41, 5.74) is 1.71. The Hall–Kier alpha value is -3.47. The summed E-state index contributed by atoms with van der Waals surface area (Å²) in [6, 6.07) is 24.7. The monoisotopic (exact) mass is 446 g/mol. The fourth-order valence-electron chi connectivity index (χ4n) is 3.69. The van der Waals surface area contributed by atoms with Crippen LogP contribution in [0.4, 0.5) is 4.39 Å². The van der Waals surface area contributed by atoms with Gasteiger partial charge in [-0.1, -0.05) is 78.9 Å². The Kier molecular flexibility index (Phi) is 7.99. The summed E-state index contributed by atoms with van der Waals surface area (Å²) in [7, 11) is 0. The van der Waals surface area contributed by atoms with E-state index in [-0.39, 0.29) is 24.8 Å². The zero-order valence-electron chi connectivity index (χ0n) is 19.4. The lowest BCUT2D eigenvalue weighted by Crippen LogP contribution is -2.54. The molecule has 3 aromatic carbocycles. The zero-order chi connectivity index (χ0) is 23.8. The third kappa shape index (κ3) is 7.28. The van der Waals surface area contributed by atoms with E-state index < -0.39 is 17.4 Å². The maximum absolute atomic E-state index is 14.3. The van der Waals surface area contributed by atoms with Gasteiger partial charge < -0.3 is 10.2 Å². The maximum Gasteiger partial charge on any atom is 0.243 e. The standard InChI is InChI=1S/C28H31FN2O2/c1-28(2,3)30-27(33)25(18-21-12-6-4-7-13-21)31(20-22-14-8-5-9-15-22)26(32)19-23-16-10-11-17-24(23)29/h4-17,25H,18-20H2,1-3H3,(H,30,33)/t25-/m0/s1. The number of nitrogens with zero attached hydrogens (tertiary/aromatic N) is 1. The number of carbonyl (C=O) groups excluding carboxylic acids is 2. The molecule has 0 bridgehead atoms. The molecule has 0 fully saturated rings. The number of rotatable bonds is 8. The molecule has 0 saturated heterocycles. The van der Waals surface area contributed by atoms with Gasteiger partial charge in [-0.3, -0.25) is 9.59 Å². The fourth-order valence-corrected chi connectivity index (χ4v) is 3.69. The van der Waals surface area contributed by atoms with Crippen LogP contribution in [0.5, 0.6) is 0 Å². The molecule has 0 spiro atoms. The first-order valence-corrected chi connectivity index (χ1v) is 11.2. The first-order valence-electron chi connectivity index (χ1n) is 11.2. The molecule has 0 unspecified atom stereocenters. The molecule has 5 heteroatoms. The van der Waals surface area contributed by atoms with Gasteiger partial charge in [-0.2, -0.15) is 0 Å². The van der Waals surface area contributed by atoms with Crippen molar-refractivity contribution in [3.05, 3.63) is 107 Å². The summed E-state index contributed by atoms with van der Waals surface area (Å²) in [5.74, 6) is -0.956. The Morgan fingerprint density at radius 1 is 0.848 bits per heavy atom. The van der Waals surface area contributed by atoms with Gasteiger partial charge in [0, 0.05) is 18.5 Å². The summed E-state index contributed by atoms with van der Waals surface area (Å²) in [4.78, 5) is 28.6.